The van der Waals surface area contributed by atoms with Crippen molar-refractivity contribution in [3.8, 4) is 0 Å². The Morgan fingerprint density at radius 3 is 2.30 bits per heavy atom. The van der Waals surface area contributed by atoms with E-state index in [-0.39, 0.29) is 11.3 Å². The first-order chi connectivity index (χ1) is 14.7. The molecular weight excluding hydrogens is 380 g/mol. The van der Waals surface area contributed by atoms with E-state index in [9.17, 15) is 14.7 Å². The van der Waals surface area contributed by atoms with Crippen molar-refractivity contribution in [1.29, 1.82) is 0 Å². The van der Waals surface area contributed by atoms with E-state index in [0.717, 1.165) is 44.8 Å². The second kappa shape index (κ2) is 9.24. The number of quaternary nitrogens is 1. The number of hydrogen-bond donors (Lipinski definition) is 2. The predicted molar refractivity (Wildman–Crippen MR) is 113 cm³/mol. The molecule has 4 rings (SSSR count). The molecule has 2 aromatic rings. The summed E-state index contributed by atoms with van der Waals surface area (Å²) in [5, 5.41) is 10.9. The number of carbonyl (C=O) groups is 2. The van der Waals surface area contributed by atoms with Crippen LogP contribution < -0.4 is 4.90 Å². The van der Waals surface area contributed by atoms with Gasteiger partial charge in [0.05, 0.1) is 31.4 Å². The molecule has 1 amide bonds. The number of carbonyl (C=O) groups excluding carboxylic acids is 2. The lowest BCUT2D eigenvalue weighted by molar-refractivity contribution is -0.908. The number of ether oxygens (including phenoxy) is 1. The molecule has 2 saturated heterocycles. The molecule has 2 aliphatic heterocycles. The standard InChI is InChI=1S/C24H26N2O4/c27-22(19-10-5-2-6-11-19)20-21(18-8-3-1-4-9-18)26(24(29)23(20)28)13-7-12-25-14-16-30-17-15-25/h1-6,8-11,21,27H,7,12-17H2/p+1/t21-/m0/s1. The van der Waals surface area contributed by atoms with Crippen molar-refractivity contribution in [2.24, 2.45) is 0 Å². The largest absolute Gasteiger partial charge is 0.507 e. The van der Waals surface area contributed by atoms with Crippen LogP contribution in [0, 0.1) is 0 Å². The molecule has 2 aromatic carbocycles. The number of Topliss-reactive ketones (excluding diaryl/α,β-unsaturated/α-hetero) is 1. The number of hydrogen-bond acceptors (Lipinski definition) is 4. The summed E-state index contributed by atoms with van der Waals surface area (Å²) in [5.41, 5.74) is 1.53. The highest BCUT2D eigenvalue weighted by molar-refractivity contribution is 6.46. The van der Waals surface area contributed by atoms with Gasteiger partial charge in [-0.15, -0.1) is 0 Å². The van der Waals surface area contributed by atoms with Gasteiger partial charge in [-0.05, 0) is 5.56 Å². The maximum absolute atomic E-state index is 12.9. The van der Waals surface area contributed by atoms with Crippen LogP contribution in [0.25, 0.3) is 5.76 Å². The second-order valence-electron chi connectivity index (χ2n) is 7.74. The maximum Gasteiger partial charge on any atom is 0.295 e. The SMILES string of the molecule is O=C1C(=O)N(CCC[NH+]2CCOCC2)[C@@H](c2ccccc2)C1=C(O)c1ccccc1. The minimum absolute atomic E-state index is 0.121. The van der Waals surface area contributed by atoms with Gasteiger partial charge in [-0.1, -0.05) is 60.7 Å². The van der Waals surface area contributed by atoms with Gasteiger partial charge in [-0.25, -0.2) is 0 Å². The molecule has 0 aliphatic carbocycles. The van der Waals surface area contributed by atoms with E-state index in [1.807, 2.05) is 36.4 Å². The van der Waals surface area contributed by atoms with E-state index >= 15 is 0 Å². The zero-order valence-electron chi connectivity index (χ0n) is 16.9. The van der Waals surface area contributed by atoms with Crippen LogP contribution >= 0.6 is 0 Å². The Kier molecular flexibility index (Phi) is 6.26. The number of aliphatic hydroxyl groups excluding tert-OH is 1. The van der Waals surface area contributed by atoms with E-state index < -0.39 is 17.7 Å². The lowest BCUT2D eigenvalue weighted by atomic mass is 9.95. The predicted octanol–water partition coefficient (Wildman–Crippen LogP) is 1.41. The van der Waals surface area contributed by atoms with E-state index in [1.54, 1.807) is 29.2 Å². The summed E-state index contributed by atoms with van der Waals surface area (Å²) >= 11 is 0. The van der Waals surface area contributed by atoms with Crippen LogP contribution in [0.1, 0.15) is 23.6 Å². The zero-order valence-corrected chi connectivity index (χ0v) is 16.9. The van der Waals surface area contributed by atoms with E-state index in [2.05, 4.69) is 0 Å². The number of nitrogens with one attached hydrogen (secondary N) is 1. The number of likely N-dealkylation sites (tertiary alicyclic amines) is 1. The fourth-order valence-electron chi connectivity index (χ4n) is 4.25. The number of amides is 1. The van der Waals surface area contributed by atoms with Crippen molar-refractivity contribution in [3.63, 3.8) is 0 Å². The van der Waals surface area contributed by atoms with Crippen molar-refractivity contribution < 1.29 is 24.3 Å². The quantitative estimate of drug-likeness (QED) is 0.432. The summed E-state index contributed by atoms with van der Waals surface area (Å²) in [6.07, 6.45) is 0.789. The van der Waals surface area contributed by atoms with Gasteiger partial charge in [-0.3, -0.25) is 9.59 Å². The summed E-state index contributed by atoms with van der Waals surface area (Å²) in [5.74, 6) is -1.29. The number of rotatable bonds is 6. The van der Waals surface area contributed by atoms with Gasteiger partial charge in [0, 0.05) is 18.5 Å². The molecule has 0 spiro atoms. The van der Waals surface area contributed by atoms with Gasteiger partial charge in [0.1, 0.15) is 18.8 Å². The second-order valence-corrected chi connectivity index (χ2v) is 7.74. The fourth-order valence-corrected chi connectivity index (χ4v) is 4.25. The van der Waals surface area contributed by atoms with Crippen LogP contribution in [0.4, 0.5) is 0 Å². The Morgan fingerprint density at radius 1 is 1.00 bits per heavy atom. The Morgan fingerprint density at radius 2 is 1.63 bits per heavy atom. The van der Waals surface area contributed by atoms with Crippen molar-refractivity contribution in [2.75, 3.05) is 39.4 Å². The molecule has 0 radical (unpaired) electrons. The summed E-state index contributed by atoms with van der Waals surface area (Å²) in [4.78, 5) is 28.9. The summed E-state index contributed by atoms with van der Waals surface area (Å²) in [7, 11) is 0. The average Bonchev–Trinajstić information content (AvgIpc) is 3.05. The fraction of sp³-hybridized carbons (Fsp3) is 0.333. The van der Waals surface area contributed by atoms with Gasteiger partial charge in [0.15, 0.2) is 0 Å². The number of morpholine rings is 1. The molecule has 156 valence electrons. The monoisotopic (exact) mass is 407 g/mol. The first-order valence-electron chi connectivity index (χ1n) is 10.5. The van der Waals surface area contributed by atoms with Gasteiger partial charge in [0.2, 0.25) is 0 Å². The molecule has 0 aromatic heterocycles. The molecule has 30 heavy (non-hydrogen) atoms. The van der Waals surface area contributed by atoms with Crippen molar-refractivity contribution in [1.82, 2.24) is 4.90 Å². The van der Waals surface area contributed by atoms with Gasteiger partial charge in [-0.2, -0.15) is 0 Å². The van der Waals surface area contributed by atoms with Crippen LogP contribution in [0.15, 0.2) is 66.2 Å². The normalized spacial score (nSPS) is 21.9. The minimum atomic E-state index is -0.621. The molecule has 1 atom stereocenters. The Balaban J connectivity index is 1.63. The molecule has 6 nitrogen and oxygen atoms in total. The average molecular weight is 407 g/mol. The third kappa shape index (κ3) is 4.15. The Labute approximate surface area is 176 Å². The van der Waals surface area contributed by atoms with Gasteiger partial charge < -0.3 is 19.6 Å². The van der Waals surface area contributed by atoms with Crippen LogP contribution in [0.3, 0.4) is 0 Å². The summed E-state index contributed by atoms with van der Waals surface area (Å²) in [6, 6.07) is 17.8. The molecule has 0 unspecified atom stereocenters. The molecular formula is C24H27N2O4+. The molecule has 2 fully saturated rings. The Bertz CT molecular complexity index is 921. The summed E-state index contributed by atoms with van der Waals surface area (Å²) in [6.45, 7) is 4.86. The highest BCUT2D eigenvalue weighted by Crippen LogP contribution is 2.39. The van der Waals surface area contributed by atoms with Gasteiger partial charge >= 0.3 is 0 Å². The third-order valence-electron chi connectivity index (χ3n) is 5.83. The first kappa shape index (κ1) is 20.3. The lowest BCUT2D eigenvalue weighted by Gasteiger charge is -2.27. The topological polar surface area (TPSA) is 71.3 Å². The van der Waals surface area contributed by atoms with Crippen molar-refractivity contribution in [2.45, 2.75) is 12.5 Å². The zero-order chi connectivity index (χ0) is 20.9. The maximum atomic E-state index is 12.9. The third-order valence-corrected chi connectivity index (χ3v) is 5.83. The van der Waals surface area contributed by atoms with Crippen LogP contribution in [0.5, 0.6) is 0 Å². The van der Waals surface area contributed by atoms with Crippen LogP contribution in [0.2, 0.25) is 0 Å². The highest BCUT2D eigenvalue weighted by Gasteiger charge is 2.45. The molecule has 2 N–H and O–H groups in total. The van der Waals surface area contributed by atoms with E-state index in [0.29, 0.717) is 12.1 Å². The van der Waals surface area contributed by atoms with Crippen molar-refractivity contribution >= 4 is 17.4 Å². The van der Waals surface area contributed by atoms with Crippen LogP contribution in [-0.2, 0) is 14.3 Å². The number of nitrogens with zero attached hydrogens (tertiary/aromatic N) is 1. The van der Waals surface area contributed by atoms with Crippen LogP contribution in [-0.4, -0.2) is 61.1 Å². The molecule has 2 heterocycles. The lowest BCUT2D eigenvalue weighted by Crippen LogP contribution is -3.14. The number of aliphatic hydroxyl groups is 1. The van der Waals surface area contributed by atoms with Gasteiger partial charge in [0.25, 0.3) is 11.7 Å². The molecule has 2 aliphatic rings. The molecule has 6 heteroatoms. The molecule has 0 saturated carbocycles. The molecule has 0 bridgehead atoms. The first-order valence-corrected chi connectivity index (χ1v) is 10.5. The van der Waals surface area contributed by atoms with E-state index in [4.69, 9.17) is 4.74 Å². The number of benzene rings is 2. The summed E-state index contributed by atoms with van der Waals surface area (Å²) < 4.78 is 5.40. The van der Waals surface area contributed by atoms with Crippen molar-refractivity contribution in [3.05, 3.63) is 77.4 Å². The number of ketones is 1. The Hall–Kier alpha value is -2.96. The highest BCUT2D eigenvalue weighted by atomic mass is 16.5. The minimum Gasteiger partial charge on any atom is -0.507 e. The smallest absolute Gasteiger partial charge is 0.295 e. The van der Waals surface area contributed by atoms with E-state index in [1.165, 1.54) is 4.90 Å².